The highest BCUT2D eigenvalue weighted by Crippen LogP contribution is 2.21. The maximum Gasteiger partial charge on any atom is 0.122 e. The SMILES string of the molecule is Cc1cc(Cl)ccc1OCCNC1CCOCC1. The van der Waals surface area contributed by atoms with Gasteiger partial charge in [-0.25, -0.2) is 0 Å². The van der Waals surface area contributed by atoms with Crippen LogP contribution < -0.4 is 10.1 Å². The quantitative estimate of drug-likeness (QED) is 0.834. The average Bonchev–Trinajstić information content (AvgIpc) is 2.38. The fourth-order valence-electron chi connectivity index (χ4n) is 2.10. The van der Waals surface area contributed by atoms with Crippen molar-refractivity contribution in [1.82, 2.24) is 5.32 Å². The van der Waals surface area contributed by atoms with Gasteiger partial charge in [-0.05, 0) is 43.5 Å². The number of ether oxygens (including phenoxy) is 2. The second-order valence-corrected chi connectivity index (χ2v) is 5.04. The van der Waals surface area contributed by atoms with E-state index in [0.717, 1.165) is 48.9 Å². The monoisotopic (exact) mass is 269 g/mol. The number of hydrogen-bond acceptors (Lipinski definition) is 3. The van der Waals surface area contributed by atoms with Crippen molar-refractivity contribution >= 4 is 11.6 Å². The molecule has 1 fully saturated rings. The van der Waals surface area contributed by atoms with Crippen molar-refractivity contribution < 1.29 is 9.47 Å². The van der Waals surface area contributed by atoms with E-state index in [9.17, 15) is 0 Å². The van der Waals surface area contributed by atoms with Crippen LogP contribution in [0.2, 0.25) is 5.02 Å². The summed E-state index contributed by atoms with van der Waals surface area (Å²) < 4.78 is 11.0. The summed E-state index contributed by atoms with van der Waals surface area (Å²) in [6.45, 7) is 5.29. The van der Waals surface area contributed by atoms with Crippen molar-refractivity contribution in [3.63, 3.8) is 0 Å². The third kappa shape index (κ3) is 4.16. The highest BCUT2D eigenvalue weighted by molar-refractivity contribution is 6.30. The van der Waals surface area contributed by atoms with Gasteiger partial charge in [-0.15, -0.1) is 0 Å². The second kappa shape index (κ2) is 6.98. The van der Waals surface area contributed by atoms with Crippen LogP contribution in [0.25, 0.3) is 0 Å². The van der Waals surface area contributed by atoms with Gasteiger partial charge < -0.3 is 14.8 Å². The molecule has 0 aliphatic carbocycles. The Bertz CT molecular complexity index is 378. The minimum absolute atomic E-state index is 0.577. The van der Waals surface area contributed by atoms with E-state index in [-0.39, 0.29) is 0 Å². The zero-order chi connectivity index (χ0) is 12.8. The van der Waals surface area contributed by atoms with Gasteiger partial charge in [-0.1, -0.05) is 11.6 Å². The van der Waals surface area contributed by atoms with Gasteiger partial charge in [-0.2, -0.15) is 0 Å². The summed E-state index contributed by atoms with van der Waals surface area (Å²) >= 11 is 5.90. The Morgan fingerprint density at radius 1 is 1.39 bits per heavy atom. The molecule has 100 valence electrons. The molecule has 0 radical (unpaired) electrons. The van der Waals surface area contributed by atoms with E-state index in [2.05, 4.69) is 5.32 Å². The molecule has 1 aliphatic heterocycles. The number of benzene rings is 1. The van der Waals surface area contributed by atoms with Crippen LogP contribution in [0.1, 0.15) is 18.4 Å². The number of aryl methyl sites for hydroxylation is 1. The standard InChI is InChI=1S/C14H20ClNO2/c1-11-10-12(15)2-3-14(11)18-9-6-16-13-4-7-17-8-5-13/h2-3,10,13,16H,4-9H2,1H3. The fourth-order valence-corrected chi connectivity index (χ4v) is 2.33. The molecule has 1 aromatic carbocycles. The summed E-state index contributed by atoms with van der Waals surface area (Å²) in [6.07, 6.45) is 2.19. The number of nitrogens with one attached hydrogen (secondary N) is 1. The molecule has 18 heavy (non-hydrogen) atoms. The van der Waals surface area contributed by atoms with E-state index in [4.69, 9.17) is 21.1 Å². The molecule has 1 aromatic rings. The topological polar surface area (TPSA) is 30.5 Å². The van der Waals surface area contributed by atoms with Gasteiger partial charge in [0.25, 0.3) is 0 Å². The van der Waals surface area contributed by atoms with Gasteiger partial charge in [0.1, 0.15) is 12.4 Å². The lowest BCUT2D eigenvalue weighted by Gasteiger charge is -2.23. The first-order chi connectivity index (χ1) is 8.75. The summed E-state index contributed by atoms with van der Waals surface area (Å²) in [6, 6.07) is 6.28. The van der Waals surface area contributed by atoms with E-state index in [0.29, 0.717) is 12.6 Å². The van der Waals surface area contributed by atoms with Crippen LogP contribution in [0.5, 0.6) is 5.75 Å². The molecule has 0 spiro atoms. The smallest absolute Gasteiger partial charge is 0.122 e. The van der Waals surface area contributed by atoms with Crippen LogP contribution in [-0.4, -0.2) is 32.4 Å². The normalized spacial score (nSPS) is 16.8. The van der Waals surface area contributed by atoms with Gasteiger partial charge in [0.05, 0.1) is 0 Å². The maximum absolute atomic E-state index is 5.90. The van der Waals surface area contributed by atoms with Crippen molar-refractivity contribution in [2.45, 2.75) is 25.8 Å². The zero-order valence-electron chi connectivity index (χ0n) is 10.7. The Balaban J connectivity index is 1.68. The Labute approximate surface area is 113 Å². The Morgan fingerprint density at radius 2 is 2.17 bits per heavy atom. The molecule has 0 unspecified atom stereocenters. The number of halogens is 1. The first-order valence-corrected chi connectivity index (χ1v) is 6.83. The van der Waals surface area contributed by atoms with E-state index >= 15 is 0 Å². The lowest BCUT2D eigenvalue weighted by atomic mass is 10.1. The summed E-state index contributed by atoms with van der Waals surface area (Å²) in [5.74, 6) is 0.910. The minimum atomic E-state index is 0.577. The molecule has 4 heteroatoms. The molecule has 0 amide bonds. The van der Waals surface area contributed by atoms with Crippen LogP contribution in [0.4, 0.5) is 0 Å². The summed E-state index contributed by atoms with van der Waals surface area (Å²) in [5, 5.41) is 4.24. The average molecular weight is 270 g/mol. The molecule has 1 aliphatic rings. The third-order valence-electron chi connectivity index (χ3n) is 3.15. The van der Waals surface area contributed by atoms with Crippen molar-refractivity contribution in [1.29, 1.82) is 0 Å². The van der Waals surface area contributed by atoms with Crippen molar-refractivity contribution in [2.75, 3.05) is 26.4 Å². The Morgan fingerprint density at radius 3 is 2.89 bits per heavy atom. The van der Waals surface area contributed by atoms with Crippen molar-refractivity contribution in [3.8, 4) is 5.75 Å². The van der Waals surface area contributed by atoms with Crippen LogP contribution in [-0.2, 0) is 4.74 Å². The van der Waals surface area contributed by atoms with Crippen LogP contribution >= 0.6 is 11.6 Å². The highest BCUT2D eigenvalue weighted by atomic mass is 35.5. The molecule has 1 heterocycles. The van der Waals surface area contributed by atoms with Gasteiger partial charge in [0, 0.05) is 30.8 Å². The lowest BCUT2D eigenvalue weighted by Crippen LogP contribution is -2.37. The van der Waals surface area contributed by atoms with Gasteiger partial charge >= 0.3 is 0 Å². The molecule has 1 N–H and O–H groups in total. The first-order valence-electron chi connectivity index (χ1n) is 6.46. The maximum atomic E-state index is 5.90. The van der Waals surface area contributed by atoms with Crippen LogP contribution in [0, 0.1) is 6.92 Å². The number of rotatable bonds is 5. The van der Waals surface area contributed by atoms with Crippen molar-refractivity contribution in [3.05, 3.63) is 28.8 Å². The number of hydrogen-bond donors (Lipinski definition) is 1. The fraction of sp³-hybridized carbons (Fsp3) is 0.571. The van der Waals surface area contributed by atoms with Crippen LogP contribution in [0.3, 0.4) is 0 Å². The predicted molar refractivity (Wildman–Crippen MR) is 73.5 cm³/mol. The third-order valence-corrected chi connectivity index (χ3v) is 3.39. The second-order valence-electron chi connectivity index (χ2n) is 4.60. The molecule has 0 saturated carbocycles. The first kappa shape index (κ1) is 13.7. The van der Waals surface area contributed by atoms with E-state index < -0.39 is 0 Å². The zero-order valence-corrected chi connectivity index (χ0v) is 11.5. The van der Waals surface area contributed by atoms with E-state index in [1.807, 2.05) is 25.1 Å². The molecule has 0 atom stereocenters. The van der Waals surface area contributed by atoms with Crippen molar-refractivity contribution in [2.24, 2.45) is 0 Å². The molecule has 3 nitrogen and oxygen atoms in total. The minimum Gasteiger partial charge on any atom is -0.492 e. The van der Waals surface area contributed by atoms with Gasteiger partial charge in [0.15, 0.2) is 0 Å². The summed E-state index contributed by atoms with van der Waals surface area (Å²) in [5.41, 5.74) is 1.08. The van der Waals surface area contributed by atoms with E-state index in [1.165, 1.54) is 0 Å². The predicted octanol–water partition coefficient (Wildman–Crippen LogP) is 2.80. The van der Waals surface area contributed by atoms with Crippen LogP contribution in [0.15, 0.2) is 18.2 Å². The molecular formula is C14H20ClNO2. The summed E-state index contributed by atoms with van der Waals surface area (Å²) in [4.78, 5) is 0. The molecule has 2 rings (SSSR count). The molecule has 1 saturated heterocycles. The van der Waals surface area contributed by atoms with E-state index in [1.54, 1.807) is 0 Å². The van der Waals surface area contributed by atoms with Gasteiger partial charge in [0.2, 0.25) is 0 Å². The Hall–Kier alpha value is -0.770. The summed E-state index contributed by atoms with van der Waals surface area (Å²) in [7, 11) is 0. The van der Waals surface area contributed by atoms with Gasteiger partial charge in [-0.3, -0.25) is 0 Å². The lowest BCUT2D eigenvalue weighted by molar-refractivity contribution is 0.0770. The largest absolute Gasteiger partial charge is 0.492 e. The highest BCUT2D eigenvalue weighted by Gasteiger charge is 2.12. The molecule has 0 aromatic heterocycles. The Kier molecular flexibility index (Phi) is 5.29. The molecule has 0 bridgehead atoms. The molecular weight excluding hydrogens is 250 g/mol.